The first kappa shape index (κ1) is 15.9. The van der Waals surface area contributed by atoms with E-state index in [1.54, 1.807) is 0 Å². The number of hydrogen-bond donors (Lipinski definition) is 1. The number of allylic oxidation sites excluding steroid dienone is 6. The van der Waals surface area contributed by atoms with Gasteiger partial charge in [0.2, 0.25) is 0 Å². The first-order chi connectivity index (χ1) is 9.43. The molecule has 0 aromatic rings. The van der Waals surface area contributed by atoms with Crippen LogP contribution in [0, 0.1) is 17.8 Å². The molecule has 1 N–H and O–H groups in total. The predicted molar refractivity (Wildman–Crippen MR) is 95.2 cm³/mol. The van der Waals surface area contributed by atoms with Gasteiger partial charge in [-0.1, -0.05) is 58.9 Å². The Morgan fingerprint density at radius 1 is 1.45 bits per heavy atom. The van der Waals surface area contributed by atoms with E-state index in [1.807, 2.05) is 12.2 Å². The Balaban J connectivity index is 2.38. The second kappa shape index (κ2) is 6.50. The van der Waals surface area contributed by atoms with E-state index in [-0.39, 0.29) is 0 Å². The summed E-state index contributed by atoms with van der Waals surface area (Å²) < 4.78 is 0.363. The van der Waals surface area contributed by atoms with Gasteiger partial charge in [-0.2, -0.15) is 0 Å². The minimum absolute atomic E-state index is 0.363. The summed E-state index contributed by atoms with van der Waals surface area (Å²) in [6.45, 7) is 10.8. The highest BCUT2D eigenvalue weighted by atomic mass is 127. The highest BCUT2D eigenvalue weighted by Crippen LogP contribution is 2.45. The Morgan fingerprint density at radius 3 is 2.75 bits per heavy atom. The van der Waals surface area contributed by atoms with Crippen LogP contribution < -0.4 is 0 Å². The van der Waals surface area contributed by atoms with E-state index in [0.29, 0.717) is 27.4 Å². The maximum absolute atomic E-state index is 9.87. The smallest absolute Gasteiger partial charge is 0.112 e. The topological polar surface area (TPSA) is 20.2 Å². The Morgan fingerprint density at radius 2 is 2.15 bits per heavy atom. The summed E-state index contributed by atoms with van der Waals surface area (Å²) in [5.74, 6) is 2.03. The fourth-order valence-electron chi connectivity index (χ4n) is 3.64. The monoisotopic (exact) mass is 384 g/mol. The largest absolute Gasteiger partial charge is 0.508 e. The van der Waals surface area contributed by atoms with Gasteiger partial charge in [0.05, 0.1) is 0 Å². The van der Waals surface area contributed by atoms with Crippen molar-refractivity contribution in [3.63, 3.8) is 0 Å². The van der Waals surface area contributed by atoms with E-state index in [9.17, 15) is 5.11 Å². The van der Waals surface area contributed by atoms with Gasteiger partial charge in [0, 0.05) is 9.84 Å². The van der Waals surface area contributed by atoms with Crippen molar-refractivity contribution in [2.24, 2.45) is 17.8 Å². The van der Waals surface area contributed by atoms with Crippen LogP contribution in [0.1, 0.15) is 40.0 Å². The highest BCUT2D eigenvalue weighted by Gasteiger charge is 2.37. The summed E-state index contributed by atoms with van der Waals surface area (Å²) in [6, 6.07) is 0. The number of alkyl halides is 1. The van der Waals surface area contributed by atoms with E-state index >= 15 is 0 Å². The predicted octanol–water partition coefficient (Wildman–Crippen LogP) is 5.75. The maximum atomic E-state index is 9.87. The number of aliphatic hydroxyl groups is 1. The third kappa shape index (κ3) is 3.21. The van der Waals surface area contributed by atoms with Crippen LogP contribution in [0.15, 0.2) is 47.3 Å². The molecule has 0 amide bonds. The molecule has 0 aromatic carbocycles. The molecule has 2 aliphatic carbocycles. The number of halogens is 1. The Hall–Kier alpha value is -0.510. The van der Waals surface area contributed by atoms with E-state index in [4.69, 9.17) is 0 Å². The Labute approximate surface area is 136 Å². The van der Waals surface area contributed by atoms with Gasteiger partial charge in [-0.3, -0.25) is 0 Å². The second-order valence-electron chi connectivity index (χ2n) is 6.22. The van der Waals surface area contributed by atoms with Gasteiger partial charge in [0.1, 0.15) is 5.76 Å². The van der Waals surface area contributed by atoms with Crippen molar-refractivity contribution < 1.29 is 5.11 Å². The molecule has 0 bridgehead atoms. The summed E-state index contributed by atoms with van der Waals surface area (Å²) in [7, 11) is 0. The number of rotatable bonds is 3. The van der Waals surface area contributed by atoms with E-state index in [2.05, 4.69) is 56.0 Å². The van der Waals surface area contributed by atoms with Crippen LogP contribution in [0.25, 0.3) is 0 Å². The van der Waals surface area contributed by atoms with Crippen molar-refractivity contribution in [2.75, 3.05) is 0 Å². The van der Waals surface area contributed by atoms with Gasteiger partial charge in [-0.25, -0.2) is 0 Å². The van der Waals surface area contributed by atoms with Crippen molar-refractivity contribution in [2.45, 2.75) is 44.0 Å². The number of aliphatic hydroxyl groups excluding tert-OH is 1. The lowest BCUT2D eigenvalue weighted by atomic mass is 9.67. The average molecular weight is 384 g/mol. The lowest BCUT2D eigenvalue weighted by Crippen LogP contribution is -2.33. The molecule has 0 aromatic heterocycles. The number of hydrogen-bond acceptors (Lipinski definition) is 1. The van der Waals surface area contributed by atoms with E-state index in [1.165, 1.54) is 29.6 Å². The first-order valence-electron chi connectivity index (χ1n) is 7.52. The average Bonchev–Trinajstić information content (AvgIpc) is 2.37. The maximum Gasteiger partial charge on any atom is 0.112 e. The zero-order valence-electron chi connectivity index (χ0n) is 12.7. The van der Waals surface area contributed by atoms with Crippen LogP contribution in [-0.2, 0) is 0 Å². The first-order valence-corrected chi connectivity index (χ1v) is 8.76. The van der Waals surface area contributed by atoms with Crippen LogP contribution in [-0.4, -0.2) is 9.03 Å². The third-order valence-electron chi connectivity index (χ3n) is 4.68. The van der Waals surface area contributed by atoms with Gasteiger partial charge in [0.25, 0.3) is 0 Å². The molecular weight excluding hydrogens is 359 g/mol. The quantitative estimate of drug-likeness (QED) is 0.373. The minimum atomic E-state index is 0.363. The van der Waals surface area contributed by atoms with Crippen LogP contribution in [0.3, 0.4) is 0 Å². The molecule has 2 heteroatoms. The molecule has 0 fully saturated rings. The molecule has 20 heavy (non-hydrogen) atoms. The molecule has 0 aliphatic heterocycles. The highest BCUT2D eigenvalue weighted by molar-refractivity contribution is 14.1. The standard InChI is InChI=1S/C18H25IO/c1-5-13-9-14(20)10-17(19)18(13)16-8-12(4)6-7-15(16)11(2)3/h8-10,15-18,20H,2,5-7H2,1,3-4H3/t15-,16+,17?,18?/m0/s1. The Bertz CT molecular complexity index is 484. The lowest BCUT2D eigenvalue weighted by Gasteiger charge is -2.40. The van der Waals surface area contributed by atoms with Crippen LogP contribution >= 0.6 is 22.6 Å². The van der Waals surface area contributed by atoms with Crippen molar-refractivity contribution in [3.8, 4) is 0 Å². The molecule has 1 nitrogen and oxygen atoms in total. The fourth-order valence-corrected chi connectivity index (χ4v) is 4.95. The van der Waals surface area contributed by atoms with Gasteiger partial charge in [-0.05, 0) is 57.1 Å². The summed E-state index contributed by atoms with van der Waals surface area (Å²) >= 11 is 2.48. The zero-order valence-corrected chi connectivity index (χ0v) is 14.9. The van der Waals surface area contributed by atoms with E-state index in [0.717, 1.165) is 6.42 Å². The van der Waals surface area contributed by atoms with Gasteiger partial charge in [0.15, 0.2) is 0 Å². The van der Waals surface area contributed by atoms with Gasteiger partial charge >= 0.3 is 0 Å². The SMILES string of the molecule is C=C(C)[C@@H]1CCC(C)=C[C@H]1C1C(CC)=CC(O)=CC1I. The second-order valence-corrected chi connectivity index (χ2v) is 7.65. The third-order valence-corrected chi connectivity index (χ3v) is 5.82. The van der Waals surface area contributed by atoms with Crippen LogP contribution in [0.2, 0.25) is 0 Å². The molecule has 4 atom stereocenters. The Kier molecular flexibility index (Phi) is 5.16. The van der Waals surface area contributed by atoms with Crippen molar-refractivity contribution in [1.29, 1.82) is 0 Å². The molecule has 0 spiro atoms. The lowest BCUT2D eigenvalue weighted by molar-refractivity contribution is 0.310. The van der Waals surface area contributed by atoms with E-state index < -0.39 is 0 Å². The zero-order chi connectivity index (χ0) is 14.9. The van der Waals surface area contributed by atoms with Crippen LogP contribution in [0.5, 0.6) is 0 Å². The van der Waals surface area contributed by atoms with Crippen molar-refractivity contribution in [1.82, 2.24) is 0 Å². The van der Waals surface area contributed by atoms with Crippen molar-refractivity contribution >= 4 is 22.6 Å². The summed E-state index contributed by atoms with van der Waals surface area (Å²) in [4.78, 5) is 0. The fraction of sp³-hybridized carbons (Fsp3) is 0.556. The molecule has 0 saturated heterocycles. The summed E-state index contributed by atoms with van der Waals surface area (Å²) in [5.41, 5.74) is 4.19. The minimum Gasteiger partial charge on any atom is -0.508 e. The van der Waals surface area contributed by atoms with Crippen LogP contribution in [0.4, 0.5) is 0 Å². The molecule has 0 radical (unpaired) electrons. The molecule has 110 valence electrons. The molecule has 2 rings (SSSR count). The van der Waals surface area contributed by atoms with Crippen molar-refractivity contribution in [3.05, 3.63) is 47.3 Å². The van der Waals surface area contributed by atoms with Gasteiger partial charge < -0.3 is 5.11 Å². The molecule has 2 unspecified atom stereocenters. The molecule has 0 heterocycles. The summed E-state index contributed by atoms with van der Waals surface area (Å²) in [5, 5.41) is 9.87. The molecule has 0 saturated carbocycles. The molecular formula is C18H25IO. The normalized spacial score (nSPS) is 34.1. The summed E-state index contributed by atoms with van der Waals surface area (Å²) in [6.07, 6.45) is 9.87. The van der Waals surface area contributed by atoms with Gasteiger partial charge in [-0.15, -0.1) is 0 Å². The molecule has 2 aliphatic rings.